The van der Waals surface area contributed by atoms with Crippen LogP contribution in [0.2, 0.25) is 10.0 Å². The molecule has 1 saturated carbocycles. The molecule has 5 rings (SSSR count). The summed E-state index contributed by atoms with van der Waals surface area (Å²) in [4.78, 5) is 33.4. The minimum Gasteiger partial charge on any atom is -0.390 e. The fraction of sp³-hybridized carbons (Fsp3) is 0.367. The lowest BCUT2D eigenvalue weighted by Gasteiger charge is -2.50. The molecule has 1 fully saturated rings. The lowest BCUT2D eigenvalue weighted by Crippen LogP contribution is -2.56. The van der Waals surface area contributed by atoms with Crippen LogP contribution in [0.5, 0.6) is 0 Å². The zero-order valence-electron chi connectivity index (χ0n) is 22.1. The van der Waals surface area contributed by atoms with E-state index >= 15 is 0 Å². The molecule has 5 atom stereocenters. The standard InChI is InChI=1S/C30H32Cl2N4O4/c1-34-29(39)21-5-2-3-7-25(21)36-27(20-11-9-17(31)14-23(20)32)26(28(33)38)22-13-16(8-10-19(22)30(36)40)18-6-4-12-35-24(18)15-37/h4,6,8-14,21,25-28,37-38H,2-3,5,7,15,33H2,1H3,(H,34,39). The van der Waals surface area contributed by atoms with Crippen molar-refractivity contribution in [1.29, 1.82) is 0 Å². The SMILES string of the molecule is CNC(=O)C1CCCCC1N1C(=O)c2ccc(-c3cccnc3CO)cc2C(C(N)O)C1c1ccc(Cl)cc1Cl. The van der Waals surface area contributed by atoms with Gasteiger partial charge in [0.05, 0.1) is 24.3 Å². The third-order valence-electron chi connectivity index (χ3n) is 8.19. The molecule has 1 aromatic heterocycles. The van der Waals surface area contributed by atoms with Crippen molar-refractivity contribution in [2.45, 2.75) is 56.5 Å². The second-order valence-electron chi connectivity index (χ2n) is 10.4. The largest absolute Gasteiger partial charge is 0.390 e. The third-order valence-corrected chi connectivity index (χ3v) is 8.75. The molecule has 0 saturated heterocycles. The molecule has 3 aromatic rings. The molecular weight excluding hydrogens is 551 g/mol. The van der Waals surface area contributed by atoms with Crippen LogP contribution in [-0.4, -0.2) is 51.2 Å². The van der Waals surface area contributed by atoms with Crippen LogP contribution in [0.4, 0.5) is 0 Å². The monoisotopic (exact) mass is 582 g/mol. The van der Waals surface area contributed by atoms with Crippen molar-refractivity contribution in [3.05, 3.63) is 87.2 Å². The van der Waals surface area contributed by atoms with Gasteiger partial charge in [0.25, 0.3) is 5.91 Å². The second-order valence-corrected chi connectivity index (χ2v) is 11.2. The van der Waals surface area contributed by atoms with Gasteiger partial charge in [-0.1, -0.05) is 54.2 Å². The van der Waals surface area contributed by atoms with Crippen molar-refractivity contribution < 1.29 is 19.8 Å². The van der Waals surface area contributed by atoms with E-state index in [2.05, 4.69) is 10.3 Å². The number of pyridine rings is 1. The molecule has 2 heterocycles. The molecule has 2 aromatic carbocycles. The Balaban J connectivity index is 1.74. The number of carbonyl (C=O) groups is 2. The number of nitrogens with zero attached hydrogens (tertiary/aromatic N) is 2. The van der Waals surface area contributed by atoms with E-state index in [-0.39, 0.29) is 18.4 Å². The zero-order valence-corrected chi connectivity index (χ0v) is 23.6. The van der Waals surface area contributed by atoms with Gasteiger partial charge in [0.1, 0.15) is 6.23 Å². The van der Waals surface area contributed by atoms with Gasteiger partial charge >= 0.3 is 0 Å². The molecule has 40 heavy (non-hydrogen) atoms. The normalized spacial score (nSPS) is 23.4. The molecule has 1 aliphatic carbocycles. The maximum atomic E-state index is 14.4. The fourth-order valence-electron chi connectivity index (χ4n) is 6.38. The topological polar surface area (TPSA) is 129 Å². The van der Waals surface area contributed by atoms with E-state index < -0.39 is 30.1 Å². The first-order valence-electron chi connectivity index (χ1n) is 13.4. The molecular formula is C30H32Cl2N4O4. The number of amides is 2. The summed E-state index contributed by atoms with van der Waals surface area (Å²) in [5, 5.41) is 24.5. The second kappa shape index (κ2) is 11.8. The smallest absolute Gasteiger partial charge is 0.254 e. The number of halogens is 2. The summed E-state index contributed by atoms with van der Waals surface area (Å²) in [6.07, 6.45) is 3.24. The van der Waals surface area contributed by atoms with Gasteiger partial charge in [-0.15, -0.1) is 0 Å². The van der Waals surface area contributed by atoms with Gasteiger partial charge in [0, 0.05) is 46.4 Å². The summed E-state index contributed by atoms with van der Waals surface area (Å²) < 4.78 is 0. The molecule has 0 radical (unpaired) electrons. The Kier molecular flexibility index (Phi) is 8.44. The number of hydrogen-bond donors (Lipinski definition) is 4. The minimum atomic E-state index is -1.37. The molecule has 210 valence electrons. The highest BCUT2D eigenvalue weighted by Crippen LogP contribution is 2.50. The van der Waals surface area contributed by atoms with Crippen LogP contribution in [-0.2, 0) is 11.4 Å². The van der Waals surface area contributed by atoms with E-state index in [4.69, 9.17) is 28.9 Å². The molecule has 5 unspecified atom stereocenters. The van der Waals surface area contributed by atoms with Crippen molar-refractivity contribution in [2.24, 2.45) is 11.7 Å². The number of hydrogen-bond acceptors (Lipinski definition) is 6. The van der Waals surface area contributed by atoms with Crippen molar-refractivity contribution >= 4 is 35.0 Å². The molecule has 2 aliphatic rings. The van der Waals surface area contributed by atoms with E-state index in [1.54, 1.807) is 54.5 Å². The van der Waals surface area contributed by atoms with E-state index in [0.29, 0.717) is 50.8 Å². The van der Waals surface area contributed by atoms with Crippen LogP contribution >= 0.6 is 23.2 Å². The number of nitrogens with two attached hydrogens (primary N) is 1. The van der Waals surface area contributed by atoms with Crippen molar-refractivity contribution in [2.75, 3.05) is 7.05 Å². The Labute approximate surface area is 243 Å². The van der Waals surface area contributed by atoms with Crippen LogP contribution in [0.3, 0.4) is 0 Å². The number of benzene rings is 2. The summed E-state index contributed by atoms with van der Waals surface area (Å²) in [6, 6.07) is 12.8. The van der Waals surface area contributed by atoms with Crippen LogP contribution in [0.25, 0.3) is 11.1 Å². The van der Waals surface area contributed by atoms with Gasteiger partial charge < -0.3 is 26.2 Å². The van der Waals surface area contributed by atoms with E-state index in [9.17, 15) is 19.8 Å². The Hall–Kier alpha value is -3.01. The lowest BCUT2D eigenvalue weighted by atomic mass is 9.74. The Bertz CT molecular complexity index is 1430. The fourth-order valence-corrected chi connectivity index (χ4v) is 6.90. The quantitative estimate of drug-likeness (QED) is 0.319. The highest BCUT2D eigenvalue weighted by atomic mass is 35.5. The lowest BCUT2D eigenvalue weighted by molar-refractivity contribution is -0.128. The molecule has 1 aliphatic heterocycles. The maximum Gasteiger partial charge on any atom is 0.254 e. The molecule has 5 N–H and O–H groups in total. The van der Waals surface area contributed by atoms with Gasteiger partial charge in [-0.25, -0.2) is 0 Å². The summed E-state index contributed by atoms with van der Waals surface area (Å²) in [5.41, 5.74) is 9.78. The van der Waals surface area contributed by atoms with Gasteiger partial charge in [-0.05, 0) is 59.9 Å². The first-order valence-corrected chi connectivity index (χ1v) is 14.1. The average molecular weight is 584 g/mol. The molecule has 8 nitrogen and oxygen atoms in total. The summed E-state index contributed by atoms with van der Waals surface area (Å²) in [7, 11) is 1.60. The van der Waals surface area contributed by atoms with Crippen molar-refractivity contribution in [1.82, 2.24) is 15.2 Å². The van der Waals surface area contributed by atoms with E-state index in [0.717, 1.165) is 18.4 Å². The number of aliphatic hydroxyl groups is 2. The number of rotatable bonds is 6. The maximum absolute atomic E-state index is 14.4. The van der Waals surface area contributed by atoms with Gasteiger partial charge in [0.2, 0.25) is 5.91 Å². The van der Waals surface area contributed by atoms with Gasteiger partial charge in [0.15, 0.2) is 0 Å². The highest BCUT2D eigenvalue weighted by molar-refractivity contribution is 6.35. The first-order chi connectivity index (χ1) is 19.3. The van der Waals surface area contributed by atoms with Gasteiger partial charge in [-0.2, -0.15) is 0 Å². The predicted molar refractivity (Wildman–Crippen MR) is 154 cm³/mol. The minimum absolute atomic E-state index is 0.127. The number of aromatic nitrogens is 1. The summed E-state index contributed by atoms with van der Waals surface area (Å²) in [5.74, 6) is -1.58. The molecule has 0 spiro atoms. The van der Waals surface area contributed by atoms with E-state index in [1.807, 2.05) is 12.1 Å². The molecule has 10 heteroatoms. The number of carbonyl (C=O) groups excluding carboxylic acids is 2. The Morgan fingerprint density at radius 2 is 1.90 bits per heavy atom. The molecule has 2 amide bonds. The Morgan fingerprint density at radius 3 is 2.60 bits per heavy atom. The zero-order chi connectivity index (χ0) is 28.6. The van der Waals surface area contributed by atoms with Crippen LogP contribution < -0.4 is 11.1 Å². The van der Waals surface area contributed by atoms with Crippen LogP contribution in [0.1, 0.15) is 64.8 Å². The first kappa shape index (κ1) is 28.5. The van der Waals surface area contributed by atoms with E-state index in [1.165, 1.54) is 0 Å². The predicted octanol–water partition coefficient (Wildman–Crippen LogP) is 4.41. The number of nitrogens with one attached hydrogen (secondary N) is 1. The van der Waals surface area contributed by atoms with Gasteiger partial charge in [-0.3, -0.25) is 14.6 Å². The van der Waals surface area contributed by atoms with Crippen LogP contribution in [0.15, 0.2) is 54.7 Å². The number of fused-ring (bicyclic) bond motifs is 1. The van der Waals surface area contributed by atoms with Crippen molar-refractivity contribution in [3.63, 3.8) is 0 Å². The van der Waals surface area contributed by atoms with Crippen molar-refractivity contribution in [3.8, 4) is 11.1 Å². The Morgan fingerprint density at radius 1 is 1.12 bits per heavy atom. The number of aliphatic hydroxyl groups excluding tert-OH is 2. The molecule has 0 bridgehead atoms. The summed E-state index contributed by atoms with van der Waals surface area (Å²) in [6.45, 7) is -0.255. The third kappa shape index (κ3) is 5.10. The highest BCUT2D eigenvalue weighted by Gasteiger charge is 2.49. The summed E-state index contributed by atoms with van der Waals surface area (Å²) >= 11 is 13.0. The van der Waals surface area contributed by atoms with Crippen LogP contribution in [0, 0.1) is 5.92 Å². The average Bonchev–Trinajstić information content (AvgIpc) is 2.96.